The molecule has 0 bridgehead atoms. The van der Waals surface area contributed by atoms with Crippen molar-refractivity contribution in [3.05, 3.63) is 18.5 Å². The van der Waals surface area contributed by atoms with Crippen LogP contribution in [0.5, 0.6) is 0 Å². The normalized spacial score (nSPS) is 11.8. The summed E-state index contributed by atoms with van der Waals surface area (Å²) in [4.78, 5) is 4.09. The number of nitrogens with zero attached hydrogens (tertiary/aromatic N) is 2. The molecule has 0 fully saturated rings. The Balaban J connectivity index is 2.99. The van der Waals surface area contributed by atoms with Gasteiger partial charge in [-0.05, 0) is 13.0 Å². The van der Waals surface area contributed by atoms with Crippen molar-refractivity contribution in [2.45, 2.75) is 18.7 Å². The van der Waals surface area contributed by atoms with Gasteiger partial charge in [0.1, 0.15) is 4.90 Å². The zero-order chi connectivity index (χ0) is 14.3. The summed E-state index contributed by atoms with van der Waals surface area (Å²) in [5.74, 6) is 0. The van der Waals surface area contributed by atoms with Crippen LogP contribution >= 0.6 is 0 Å². The van der Waals surface area contributed by atoms with E-state index in [0.717, 1.165) is 0 Å². The van der Waals surface area contributed by atoms with Gasteiger partial charge in [-0.3, -0.25) is 4.98 Å². The highest BCUT2D eigenvalue weighted by Gasteiger charge is 2.25. The standard InChI is InChI=1S/C12H21N3O3S/c1-4-15(8-9-18-5-2)19(16,17)12-10-14-7-6-11(12)13-3/h6-7,10H,4-5,8-9H2,1-3H3,(H,13,14). The average Bonchev–Trinajstić information content (AvgIpc) is 2.43. The molecular formula is C12H21N3O3S. The maximum absolute atomic E-state index is 12.5. The minimum atomic E-state index is -3.55. The molecule has 0 amide bonds. The lowest BCUT2D eigenvalue weighted by molar-refractivity contribution is 0.135. The summed E-state index contributed by atoms with van der Waals surface area (Å²) < 4.78 is 31.7. The molecule has 0 atom stereocenters. The SMILES string of the molecule is CCOCCN(CC)S(=O)(=O)c1cnccc1NC. The first-order chi connectivity index (χ1) is 9.07. The zero-order valence-electron chi connectivity index (χ0n) is 11.6. The highest BCUT2D eigenvalue weighted by molar-refractivity contribution is 7.89. The van der Waals surface area contributed by atoms with Gasteiger partial charge in [0.2, 0.25) is 10.0 Å². The highest BCUT2D eigenvalue weighted by Crippen LogP contribution is 2.22. The molecule has 0 aromatic carbocycles. The van der Waals surface area contributed by atoms with E-state index in [-0.39, 0.29) is 4.90 Å². The van der Waals surface area contributed by atoms with Crippen LogP contribution in [0.4, 0.5) is 5.69 Å². The molecule has 0 aliphatic carbocycles. The van der Waals surface area contributed by atoms with Crippen molar-refractivity contribution in [1.82, 2.24) is 9.29 Å². The topological polar surface area (TPSA) is 71.5 Å². The Bertz CT molecular complexity index is 491. The van der Waals surface area contributed by atoms with Gasteiger partial charge in [-0.15, -0.1) is 0 Å². The molecule has 0 aliphatic heterocycles. The summed E-state index contributed by atoms with van der Waals surface area (Å²) >= 11 is 0. The van der Waals surface area contributed by atoms with Gasteiger partial charge in [0.05, 0.1) is 12.3 Å². The second-order valence-electron chi connectivity index (χ2n) is 3.82. The third-order valence-electron chi connectivity index (χ3n) is 2.71. The summed E-state index contributed by atoms with van der Waals surface area (Å²) in [6.45, 7) is 5.38. The molecule has 1 aromatic heterocycles. The van der Waals surface area contributed by atoms with E-state index < -0.39 is 10.0 Å². The molecule has 1 N–H and O–H groups in total. The Hall–Kier alpha value is -1.18. The number of nitrogens with one attached hydrogen (secondary N) is 1. The largest absolute Gasteiger partial charge is 0.387 e. The zero-order valence-corrected chi connectivity index (χ0v) is 12.4. The Morgan fingerprint density at radius 2 is 2.16 bits per heavy atom. The van der Waals surface area contributed by atoms with Crippen molar-refractivity contribution in [2.24, 2.45) is 0 Å². The maximum Gasteiger partial charge on any atom is 0.246 e. The van der Waals surface area contributed by atoms with E-state index in [1.807, 2.05) is 6.92 Å². The lowest BCUT2D eigenvalue weighted by atomic mass is 10.4. The quantitative estimate of drug-likeness (QED) is 0.727. The van der Waals surface area contributed by atoms with Crippen LogP contribution in [0.3, 0.4) is 0 Å². The van der Waals surface area contributed by atoms with Gasteiger partial charge < -0.3 is 10.1 Å². The summed E-state index contributed by atoms with van der Waals surface area (Å²) in [6.07, 6.45) is 2.92. The van der Waals surface area contributed by atoms with Crippen molar-refractivity contribution in [3.63, 3.8) is 0 Å². The number of pyridine rings is 1. The van der Waals surface area contributed by atoms with Crippen molar-refractivity contribution >= 4 is 15.7 Å². The van der Waals surface area contributed by atoms with Crippen LogP contribution in [-0.2, 0) is 14.8 Å². The molecule has 108 valence electrons. The lowest BCUT2D eigenvalue weighted by Crippen LogP contribution is -2.34. The predicted molar refractivity (Wildman–Crippen MR) is 74.7 cm³/mol. The second kappa shape index (κ2) is 7.42. The average molecular weight is 287 g/mol. The summed E-state index contributed by atoms with van der Waals surface area (Å²) in [7, 11) is -1.86. The molecule has 0 aliphatic rings. The van der Waals surface area contributed by atoms with Crippen LogP contribution in [-0.4, -0.2) is 51.1 Å². The van der Waals surface area contributed by atoms with E-state index in [2.05, 4.69) is 10.3 Å². The van der Waals surface area contributed by atoms with E-state index in [4.69, 9.17) is 4.74 Å². The van der Waals surface area contributed by atoms with Crippen molar-refractivity contribution in [3.8, 4) is 0 Å². The number of hydrogen-bond donors (Lipinski definition) is 1. The van der Waals surface area contributed by atoms with Gasteiger partial charge in [0.25, 0.3) is 0 Å². The summed E-state index contributed by atoms with van der Waals surface area (Å²) in [6, 6.07) is 1.64. The minimum Gasteiger partial charge on any atom is -0.387 e. The van der Waals surface area contributed by atoms with Crippen LogP contribution in [0.1, 0.15) is 13.8 Å². The fourth-order valence-corrected chi connectivity index (χ4v) is 3.27. The van der Waals surface area contributed by atoms with E-state index in [9.17, 15) is 8.42 Å². The minimum absolute atomic E-state index is 0.191. The monoisotopic (exact) mass is 287 g/mol. The Kier molecular flexibility index (Phi) is 6.20. The Morgan fingerprint density at radius 1 is 1.42 bits per heavy atom. The van der Waals surface area contributed by atoms with Crippen LogP contribution in [0.2, 0.25) is 0 Å². The highest BCUT2D eigenvalue weighted by atomic mass is 32.2. The van der Waals surface area contributed by atoms with Crippen molar-refractivity contribution < 1.29 is 13.2 Å². The number of likely N-dealkylation sites (N-methyl/N-ethyl adjacent to an activating group) is 1. The van der Waals surface area contributed by atoms with Gasteiger partial charge >= 0.3 is 0 Å². The van der Waals surface area contributed by atoms with Gasteiger partial charge in [-0.1, -0.05) is 6.92 Å². The predicted octanol–water partition coefficient (Wildman–Crippen LogP) is 1.17. The number of ether oxygens (including phenoxy) is 1. The van der Waals surface area contributed by atoms with Crippen LogP contribution < -0.4 is 5.32 Å². The molecular weight excluding hydrogens is 266 g/mol. The first-order valence-corrected chi connectivity index (χ1v) is 7.71. The molecule has 6 nitrogen and oxygen atoms in total. The summed E-state index contributed by atoms with van der Waals surface area (Å²) in [5.41, 5.74) is 0.546. The molecule has 0 unspecified atom stereocenters. The molecule has 1 heterocycles. The second-order valence-corrected chi connectivity index (χ2v) is 5.72. The first-order valence-electron chi connectivity index (χ1n) is 6.27. The molecule has 7 heteroatoms. The van der Waals surface area contributed by atoms with Crippen molar-refractivity contribution in [1.29, 1.82) is 0 Å². The van der Waals surface area contributed by atoms with Gasteiger partial charge in [0.15, 0.2) is 0 Å². The molecule has 1 aromatic rings. The molecule has 0 saturated heterocycles. The van der Waals surface area contributed by atoms with Gasteiger partial charge in [-0.25, -0.2) is 8.42 Å². The van der Waals surface area contributed by atoms with E-state index in [1.54, 1.807) is 26.2 Å². The molecule has 19 heavy (non-hydrogen) atoms. The number of aromatic nitrogens is 1. The molecule has 1 rings (SSSR count). The lowest BCUT2D eigenvalue weighted by Gasteiger charge is -2.21. The smallest absolute Gasteiger partial charge is 0.246 e. The Labute approximate surface area is 114 Å². The fraction of sp³-hybridized carbons (Fsp3) is 0.583. The van der Waals surface area contributed by atoms with Crippen molar-refractivity contribution in [2.75, 3.05) is 38.7 Å². The number of hydrogen-bond acceptors (Lipinski definition) is 5. The van der Waals surface area contributed by atoms with Crippen LogP contribution in [0, 0.1) is 0 Å². The third kappa shape index (κ3) is 3.89. The first kappa shape index (κ1) is 15.9. The van der Waals surface area contributed by atoms with Gasteiger partial charge in [-0.2, -0.15) is 4.31 Å². The van der Waals surface area contributed by atoms with E-state index in [0.29, 0.717) is 32.0 Å². The van der Waals surface area contributed by atoms with Gasteiger partial charge in [0, 0.05) is 39.1 Å². The Morgan fingerprint density at radius 3 is 2.74 bits per heavy atom. The number of anilines is 1. The van der Waals surface area contributed by atoms with E-state index in [1.165, 1.54) is 10.5 Å². The molecule has 0 spiro atoms. The molecule has 0 radical (unpaired) electrons. The van der Waals surface area contributed by atoms with Crippen LogP contribution in [0.25, 0.3) is 0 Å². The maximum atomic E-state index is 12.5. The fourth-order valence-electron chi connectivity index (χ4n) is 1.69. The van der Waals surface area contributed by atoms with Crippen LogP contribution in [0.15, 0.2) is 23.4 Å². The van der Waals surface area contributed by atoms with E-state index >= 15 is 0 Å². The number of sulfonamides is 1. The molecule has 0 saturated carbocycles. The summed E-state index contributed by atoms with van der Waals surface area (Å²) in [5, 5.41) is 2.87. The third-order valence-corrected chi connectivity index (χ3v) is 4.72. The number of rotatable bonds is 8.